The number of aliphatic carboxylic acids is 1. The highest BCUT2D eigenvalue weighted by Crippen LogP contribution is 2.23. The molecular formula is C16H24N2O5S2. The predicted molar refractivity (Wildman–Crippen MR) is 94.9 cm³/mol. The maximum absolute atomic E-state index is 12.4. The average Bonchev–Trinajstić information content (AvgIpc) is 3.04. The van der Waals surface area contributed by atoms with Crippen molar-refractivity contribution < 1.29 is 23.1 Å². The SMILES string of the molecule is CC(NS(=O)(=O)c1cccs1)C(=O)NC1CCCCCCC1C(=O)O. The van der Waals surface area contributed by atoms with Gasteiger partial charge in [-0.25, -0.2) is 8.42 Å². The van der Waals surface area contributed by atoms with Crippen LogP contribution in [0.2, 0.25) is 0 Å². The number of sulfonamides is 1. The number of hydrogen-bond acceptors (Lipinski definition) is 5. The van der Waals surface area contributed by atoms with Crippen molar-refractivity contribution >= 4 is 33.2 Å². The minimum Gasteiger partial charge on any atom is -0.481 e. The van der Waals surface area contributed by atoms with Gasteiger partial charge in [-0.05, 0) is 31.2 Å². The van der Waals surface area contributed by atoms with Gasteiger partial charge < -0.3 is 10.4 Å². The van der Waals surface area contributed by atoms with Crippen LogP contribution in [0.15, 0.2) is 21.7 Å². The largest absolute Gasteiger partial charge is 0.481 e. The van der Waals surface area contributed by atoms with Crippen LogP contribution in [-0.2, 0) is 19.6 Å². The molecule has 0 radical (unpaired) electrons. The van der Waals surface area contributed by atoms with Crippen LogP contribution in [0.25, 0.3) is 0 Å². The van der Waals surface area contributed by atoms with E-state index in [0.717, 1.165) is 37.0 Å². The molecule has 0 bridgehead atoms. The van der Waals surface area contributed by atoms with Crippen molar-refractivity contribution in [2.75, 3.05) is 0 Å². The number of carboxylic acid groups (broad SMARTS) is 1. The Kier molecular flexibility index (Phi) is 6.97. The first-order chi connectivity index (χ1) is 11.8. The molecule has 1 aromatic rings. The lowest BCUT2D eigenvalue weighted by atomic mass is 9.86. The van der Waals surface area contributed by atoms with E-state index in [1.54, 1.807) is 11.4 Å². The van der Waals surface area contributed by atoms with E-state index in [1.807, 2.05) is 0 Å². The molecule has 1 aromatic heterocycles. The maximum atomic E-state index is 12.4. The Labute approximate surface area is 151 Å². The molecule has 140 valence electrons. The minimum atomic E-state index is -3.75. The van der Waals surface area contributed by atoms with Crippen molar-refractivity contribution in [2.45, 2.75) is 61.7 Å². The maximum Gasteiger partial charge on any atom is 0.308 e. The molecule has 0 aromatic carbocycles. The molecule has 1 aliphatic rings. The van der Waals surface area contributed by atoms with Crippen LogP contribution in [0, 0.1) is 5.92 Å². The van der Waals surface area contributed by atoms with Gasteiger partial charge in [0.1, 0.15) is 4.21 Å². The molecule has 3 N–H and O–H groups in total. The smallest absolute Gasteiger partial charge is 0.308 e. The summed E-state index contributed by atoms with van der Waals surface area (Å²) in [7, 11) is -3.75. The highest BCUT2D eigenvalue weighted by Gasteiger charge is 2.32. The Balaban J connectivity index is 2.01. The summed E-state index contributed by atoms with van der Waals surface area (Å²) in [6.07, 6.45) is 4.80. The molecule has 0 spiro atoms. The quantitative estimate of drug-likeness (QED) is 0.689. The monoisotopic (exact) mass is 388 g/mol. The molecule has 2 rings (SSSR count). The third-order valence-corrected chi connectivity index (χ3v) is 7.33. The third kappa shape index (κ3) is 5.52. The molecule has 3 unspecified atom stereocenters. The molecule has 1 amide bonds. The number of carbonyl (C=O) groups is 2. The Morgan fingerprint density at radius 3 is 2.52 bits per heavy atom. The second-order valence-electron chi connectivity index (χ2n) is 6.33. The molecule has 9 heteroatoms. The van der Waals surface area contributed by atoms with Crippen molar-refractivity contribution in [3.05, 3.63) is 17.5 Å². The number of hydrogen-bond donors (Lipinski definition) is 3. The van der Waals surface area contributed by atoms with Crippen molar-refractivity contribution in [2.24, 2.45) is 5.92 Å². The lowest BCUT2D eigenvalue weighted by Crippen LogP contribution is -2.51. The van der Waals surface area contributed by atoms with Gasteiger partial charge in [0.05, 0.1) is 12.0 Å². The van der Waals surface area contributed by atoms with E-state index in [-0.39, 0.29) is 4.21 Å². The van der Waals surface area contributed by atoms with Crippen LogP contribution in [0.4, 0.5) is 0 Å². The van der Waals surface area contributed by atoms with Crippen LogP contribution in [0.3, 0.4) is 0 Å². The minimum absolute atomic E-state index is 0.140. The van der Waals surface area contributed by atoms with E-state index in [2.05, 4.69) is 10.0 Å². The zero-order valence-electron chi connectivity index (χ0n) is 14.1. The molecular weight excluding hydrogens is 364 g/mol. The second kappa shape index (κ2) is 8.77. The summed E-state index contributed by atoms with van der Waals surface area (Å²) in [5.41, 5.74) is 0. The topological polar surface area (TPSA) is 113 Å². The Bertz CT molecular complexity index is 687. The van der Waals surface area contributed by atoms with E-state index in [9.17, 15) is 23.1 Å². The number of thiophene rings is 1. The molecule has 0 saturated heterocycles. The van der Waals surface area contributed by atoms with Crippen molar-refractivity contribution in [3.8, 4) is 0 Å². The van der Waals surface area contributed by atoms with Gasteiger partial charge in [0.15, 0.2) is 0 Å². The highest BCUT2D eigenvalue weighted by molar-refractivity contribution is 7.91. The van der Waals surface area contributed by atoms with Gasteiger partial charge in [-0.2, -0.15) is 4.72 Å². The molecule has 0 aliphatic heterocycles. The number of amides is 1. The van der Waals surface area contributed by atoms with Gasteiger partial charge in [0.2, 0.25) is 5.91 Å². The van der Waals surface area contributed by atoms with Crippen LogP contribution >= 0.6 is 11.3 Å². The first kappa shape index (κ1) is 19.9. The van der Waals surface area contributed by atoms with Gasteiger partial charge in [-0.3, -0.25) is 9.59 Å². The number of carboxylic acids is 1. The molecule has 3 atom stereocenters. The van der Waals surface area contributed by atoms with Crippen LogP contribution in [0.5, 0.6) is 0 Å². The lowest BCUT2D eigenvalue weighted by Gasteiger charge is -2.28. The second-order valence-corrected chi connectivity index (χ2v) is 9.21. The summed E-state index contributed by atoms with van der Waals surface area (Å²) >= 11 is 1.07. The van der Waals surface area contributed by atoms with Gasteiger partial charge in [0, 0.05) is 6.04 Å². The summed E-state index contributed by atoms with van der Waals surface area (Å²) in [5, 5.41) is 13.8. The van der Waals surface area contributed by atoms with Gasteiger partial charge in [-0.15, -0.1) is 11.3 Å². The highest BCUT2D eigenvalue weighted by atomic mass is 32.2. The van der Waals surface area contributed by atoms with Crippen molar-refractivity contribution in [3.63, 3.8) is 0 Å². The van der Waals surface area contributed by atoms with Crippen LogP contribution in [0.1, 0.15) is 45.4 Å². The lowest BCUT2D eigenvalue weighted by molar-refractivity contribution is -0.143. The van der Waals surface area contributed by atoms with E-state index in [4.69, 9.17) is 0 Å². The van der Waals surface area contributed by atoms with Crippen molar-refractivity contribution in [1.82, 2.24) is 10.0 Å². The molecule has 1 fully saturated rings. The molecule has 25 heavy (non-hydrogen) atoms. The molecule has 1 heterocycles. The Hall–Kier alpha value is -1.45. The summed E-state index contributed by atoms with van der Waals surface area (Å²) in [5.74, 6) is -2.05. The Morgan fingerprint density at radius 1 is 1.24 bits per heavy atom. The molecule has 1 aliphatic carbocycles. The normalized spacial score (nSPS) is 23.2. The average molecular weight is 389 g/mol. The van der Waals surface area contributed by atoms with Gasteiger partial charge in [0.25, 0.3) is 10.0 Å². The summed E-state index contributed by atoms with van der Waals surface area (Å²) in [6.45, 7) is 1.46. The fraction of sp³-hybridized carbons (Fsp3) is 0.625. The van der Waals surface area contributed by atoms with E-state index in [0.29, 0.717) is 12.8 Å². The van der Waals surface area contributed by atoms with E-state index >= 15 is 0 Å². The van der Waals surface area contributed by atoms with E-state index < -0.39 is 39.9 Å². The number of rotatable bonds is 6. The summed E-state index contributed by atoms with van der Waals surface area (Å²) in [4.78, 5) is 23.9. The van der Waals surface area contributed by atoms with Crippen molar-refractivity contribution in [1.29, 1.82) is 0 Å². The van der Waals surface area contributed by atoms with Gasteiger partial charge >= 0.3 is 5.97 Å². The first-order valence-corrected chi connectivity index (χ1v) is 10.8. The number of carbonyl (C=O) groups excluding carboxylic acids is 1. The van der Waals surface area contributed by atoms with Crippen LogP contribution in [-0.4, -0.2) is 37.5 Å². The summed E-state index contributed by atoms with van der Waals surface area (Å²) in [6, 6.07) is 1.63. The number of nitrogens with one attached hydrogen (secondary N) is 2. The first-order valence-electron chi connectivity index (χ1n) is 8.40. The molecule has 1 saturated carbocycles. The Morgan fingerprint density at radius 2 is 1.92 bits per heavy atom. The van der Waals surface area contributed by atoms with Gasteiger partial charge in [-0.1, -0.05) is 31.7 Å². The van der Waals surface area contributed by atoms with E-state index in [1.165, 1.54) is 13.0 Å². The fourth-order valence-electron chi connectivity index (χ4n) is 3.02. The molecule has 7 nitrogen and oxygen atoms in total. The van der Waals surface area contributed by atoms with Crippen LogP contribution < -0.4 is 10.0 Å². The zero-order valence-corrected chi connectivity index (χ0v) is 15.7. The zero-order chi connectivity index (χ0) is 18.4. The predicted octanol–water partition coefficient (Wildman–Crippen LogP) is 1.95. The summed E-state index contributed by atoms with van der Waals surface area (Å²) < 4.78 is 26.9. The fourth-order valence-corrected chi connectivity index (χ4v) is 5.23. The standard InChI is InChI=1S/C16H24N2O5S2/c1-11(18-25(22,23)14-9-6-10-24-14)15(19)17-13-8-5-3-2-4-7-12(13)16(20)21/h6,9-13,18H,2-5,7-8H2,1H3,(H,17,19)(H,20,21). The third-order valence-electron chi connectivity index (χ3n) is 4.40.